The fraction of sp³-hybridized carbons (Fsp3) is 0. The van der Waals surface area contributed by atoms with Crippen LogP contribution in [0.25, 0.3) is 123 Å². The first-order valence-corrected chi connectivity index (χ1v) is 32.5. The molecule has 0 atom stereocenters. The van der Waals surface area contributed by atoms with Crippen LogP contribution in [0.3, 0.4) is 0 Å². The molecule has 0 radical (unpaired) electrons. The maximum Gasteiger partial charge on any atom is 0.251 e. The molecular formula is C86H52BN11. The Kier molecular flexibility index (Phi) is 13.8. The maximum absolute atomic E-state index is 10.6. The highest BCUT2D eigenvalue weighted by molar-refractivity contribution is 7.00. The van der Waals surface area contributed by atoms with Gasteiger partial charge in [0.2, 0.25) is 0 Å². The van der Waals surface area contributed by atoms with Gasteiger partial charge in [-0.25, -0.2) is 34.7 Å². The zero-order chi connectivity index (χ0) is 65.2. The number of nitriles is 1. The van der Waals surface area contributed by atoms with Crippen molar-refractivity contribution in [3.63, 3.8) is 0 Å². The molecule has 454 valence electrons. The number of hydrogen-bond donors (Lipinski definition) is 0. The Balaban J connectivity index is 0.908. The molecular weight excluding hydrogens is 1200 g/mol. The van der Waals surface area contributed by atoms with E-state index in [0.29, 0.717) is 46.2 Å². The molecule has 5 heterocycles. The first kappa shape index (κ1) is 57.0. The van der Waals surface area contributed by atoms with E-state index in [1.165, 1.54) is 0 Å². The Morgan fingerprint density at radius 3 is 1.17 bits per heavy atom. The zero-order valence-electron chi connectivity index (χ0n) is 52.5. The Morgan fingerprint density at radius 1 is 0.316 bits per heavy atom. The van der Waals surface area contributed by atoms with Gasteiger partial charge >= 0.3 is 0 Å². The van der Waals surface area contributed by atoms with E-state index in [-0.39, 0.29) is 6.71 Å². The molecule has 0 unspecified atom stereocenters. The Morgan fingerprint density at radius 2 is 0.714 bits per heavy atom. The summed E-state index contributed by atoms with van der Waals surface area (Å²) in [6.07, 6.45) is 0. The molecule has 0 amide bonds. The number of fused-ring (bicyclic) bond motifs is 7. The molecule has 0 bridgehead atoms. The van der Waals surface area contributed by atoms with E-state index >= 15 is 0 Å². The third-order valence-electron chi connectivity index (χ3n) is 18.7. The molecule has 0 saturated heterocycles. The van der Waals surface area contributed by atoms with Gasteiger partial charge in [-0.05, 0) is 136 Å². The Hall–Kier alpha value is -13.7. The number of benzene rings is 13. The molecule has 2 aliphatic heterocycles. The summed E-state index contributed by atoms with van der Waals surface area (Å²) in [4.78, 5) is 40.3. The summed E-state index contributed by atoms with van der Waals surface area (Å²) in [5.74, 6) is 3.10. The van der Waals surface area contributed by atoms with E-state index in [4.69, 9.17) is 36.5 Å². The van der Waals surface area contributed by atoms with E-state index in [1.807, 2.05) is 158 Å². The van der Waals surface area contributed by atoms with Crippen molar-refractivity contribution in [2.24, 2.45) is 0 Å². The first-order valence-electron chi connectivity index (χ1n) is 32.5. The minimum atomic E-state index is -0.234. The van der Waals surface area contributed by atoms with Crippen LogP contribution < -0.4 is 26.2 Å². The van der Waals surface area contributed by atoms with Gasteiger partial charge in [-0.1, -0.05) is 218 Å². The summed E-state index contributed by atoms with van der Waals surface area (Å²) in [6, 6.07) is 111. The summed E-state index contributed by atoms with van der Waals surface area (Å²) < 4.78 is 2.35. The Labute approximate surface area is 565 Å². The smallest absolute Gasteiger partial charge is 0.251 e. The van der Waals surface area contributed by atoms with Crippen LogP contribution >= 0.6 is 0 Å². The van der Waals surface area contributed by atoms with Crippen molar-refractivity contribution in [2.75, 3.05) is 9.80 Å². The number of anilines is 6. The van der Waals surface area contributed by atoms with Crippen LogP contribution in [0.15, 0.2) is 315 Å². The van der Waals surface area contributed by atoms with Gasteiger partial charge < -0.3 is 14.4 Å². The SMILES string of the molecule is [C-]#[N+]c1ccc2c(c1)N(c1ccccc1)c1cc(-c3ccc4c(c3)c3cc(-c5ccccc5)ccc3n4-c3ccc(-c4nc(-c5ccccc5)nc(-c5ccccc5)n4)cc3-c3nc(-c4ccccc4)nc(-c4ccccc4)n3)cc3c1B2c1ccc(C#N)cc1N3c1ccccc1. The minimum Gasteiger partial charge on any atom is -0.313 e. The van der Waals surface area contributed by atoms with Gasteiger partial charge in [0.1, 0.15) is 0 Å². The van der Waals surface area contributed by atoms with Crippen LogP contribution in [0, 0.1) is 17.9 Å². The van der Waals surface area contributed by atoms with E-state index in [2.05, 4.69) is 183 Å². The summed E-state index contributed by atoms with van der Waals surface area (Å²) >= 11 is 0. The van der Waals surface area contributed by atoms with E-state index in [9.17, 15) is 5.26 Å². The molecule has 0 saturated carbocycles. The molecule has 18 rings (SSSR count). The summed E-state index contributed by atoms with van der Waals surface area (Å²) in [6.45, 7) is 8.06. The van der Waals surface area contributed by atoms with Crippen molar-refractivity contribution in [2.45, 2.75) is 0 Å². The highest BCUT2D eigenvalue weighted by atomic mass is 15.2. The van der Waals surface area contributed by atoms with Crippen molar-refractivity contribution in [1.82, 2.24) is 34.5 Å². The topological polar surface area (TPSA) is 117 Å². The molecule has 0 fully saturated rings. The molecule has 0 N–H and O–H groups in total. The van der Waals surface area contributed by atoms with Crippen LogP contribution in [0.4, 0.5) is 39.8 Å². The van der Waals surface area contributed by atoms with Crippen molar-refractivity contribution in [3.05, 3.63) is 332 Å². The average Bonchev–Trinajstić information content (AvgIpc) is 0.741. The number of para-hydroxylation sites is 2. The largest absolute Gasteiger partial charge is 0.313 e. The van der Waals surface area contributed by atoms with E-state index in [0.717, 1.165) is 134 Å². The lowest BCUT2D eigenvalue weighted by Crippen LogP contribution is -2.61. The van der Waals surface area contributed by atoms with Crippen LogP contribution in [0.5, 0.6) is 0 Å². The number of hydrogen-bond acceptors (Lipinski definition) is 9. The Bertz CT molecular complexity index is 5660. The fourth-order valence-corrected chi connectivity index (χ4v) is 14.2. The quantitative estimate of drug-likeness (QED) is 0.0922. The van der Waals surface area contributed by atoms with Gasteiger partial charge in [-0.15, -0.1) is 0 Å². The summed E-state index contributed by atoms with van der Waals surface area (Å²) in [5.41, 5.74) is 21.9. The monoisotopic (exact) mass is 1250 g/mol. The average molecular weight is 1250 g/mol. The normalized spacial score (nSPS) is 12.0. The second-order valence-electron chi connectivity index (χ2n) is 24.4. The molecule has 13 aromatic carbocycles. The van der Waals surface area contributed by atoms with Crippen LogP contribution in [0.1, 0.15) is 5.56 Å². The van der Waals surface area contributed by atoms with Crippen LogP contribution in [-0.4, -0.2) is 41.2 Å². The highest BCUT2D eigenvalue weighted by Gasteiger charge is 2.44. The number of nitrogens with zero attached hydrogens (tertiary/aromatic N) is 11. The lowest BCUT2D eigenvalue weighted by atomic mass is 9.33. The zero-order valence-corrected chi connectivity index (χ0v) is 52.5. The fourth-order valence-electron chi connectivity index (χ4n) is 14.2. The van der Waals surface area contributed by atoms with Gasteiger partial charge in [-0.2, -0.15) is 5.26 Å². The molecule has 12 heteroatoms. The second-order valence-corrected chi connectivity index (χ2v) is 24.4. The number of aromatic nitrogens is 7. The third-order valence-corrected chi connectivity index (χ3v) is 18.7. The van der Waals surface area contributed by atoms with E-state index < -0.39 is 0 Å². The lowest BCUT2D eigenvalue weighted by molar-refractivity contribution is 1.06. The van der Waals surface area contributed by atoms with Crippen LogP contribution in [0.2, 0.25) is 0 Å². The van der Waals surface area contributed by atoms with Crippen molar-refractivity contribution in [3.8, 4) is 102 Å². The van der Waals surface area contributed by atoms with Gasteiger partial charge in [0, 0.05) is 78.3 Å². The molecule has 3 aromatic heterocycles. The van der Waals surface area contributed by atoms with Gasteiger partial charge in [0.25, 0.3) is 6.71 Å². The standard InChI is InChI=1S/C86H52BN11/c1-89-65-41-43-72-77(53-65)97(67-35-21-8-22-36-67)79-52-64(51-78-80(79)87(72)71-42-37-55(54-88)47-76(71)96(78)66-33-19-7-20-34-66)62-39-45-74-69(49-62)68-48-61(56-23-9-2-10-24-56)38-44-73(68)98(74)75-46-40-63(85-92-81(57-25-11-3-12-26-57)90-82(93-85)58-27-13-4-14-28-58)50-70(75)86-94-83(59-29-15-5-16-30-59)91-84(95-86)60-31-17-6-18-32-60/h2-53H. The maximum atomic E-state index is 10.6. The predicted octanol–water partition coefficient (Wildman–Crippen LogP) is 19.0. The first-order chi connectivity index (χ1) is 48.5. The van der Waals surface area contributed by atoms with E-state index in [1.54, 1.807) is 0 Å². The minimum absolute atomic E-state index is 0.234. The van der Waals surface area contributed by atoms with Crippen molar-refractivity contribution in [1.29, 1.82) is 5.26 Å². The molecule has 16 aromatic rings. The molecule has 11 nitrogen and oxygen atoms in total. The van der Waals surface area contributed by atoms with Gasteiger partial charge in [0.15, 0.2) is 40.6 Å². The van der Waals surface area contributed by atoms with Gasteiger partial charge in [0.05, 0.1) is 34.9 Å². The molecule has 98 heavy (non-hydrogen) atoms. The number of rotatable bonds is 11. The summed E-state index contributed by atoms with van der Waals surface area (Å²) in [5, 5.41) is 12.6. The van der Waals surface area contributed by atoms with Crippen molar-refractivity contribution < 1.29 is 0 Å². The van der Waals surface area contributed by atoms with Crippen molar-refractivity contribution >= 4 is 84.7 Å². The molecule has 2 aliphatic rings. The lowest BCUT2D eigenvalue weighted by Gasteiger charge is -2.44. The second kappa shape index (κ2) is 23.7. The predicted molar refractivity (Wildman–Crippen MR) is 396 cm³/mol. The third kappa shape index (κ3) is 9.83. The highest BCUT2D eigenvalue weighted by Crippen LogP contribution is 2.48. The summed E-state index contributed by atoms with van der Waals surface area (Å²) in [7, 11) is 0. The molecule has 0 aliphatic carbocycles. The molecule has 0 spiro atoms. The van der Waals surface area contributed by atoms with Gasteiger partial charge in [-0.3, -0.25) is 0 Å². The van der Waals surface area contributed by atoms with Crippen LogP contribution in [-0.2, 0) is 0 Å².